The van der Waals surface area contributed by atoms with Gasteiger partial charge in [0, 0.05) is 25.7 Å². The first-order chi connectivity index (χ1) is 6.83. The second-order valence-corrected chi connectivity index (χ2v) is 5.68. The van der Waals surface area contributed by atoms with E-state index in [0.717, 1.165) is 17.8 Å². The Morgan fingerprint density at radius 1 is 1.14 bits per heavy atom. The van der Waals surface area contributed by atoms with E-state index in [9.17, 15) is 0 Å². The number of rotatable bonds is 3. The molecule has 0 spiro atoms. The highest BCUT2D eigenvalue weighted by molar-refractivity contribution is 4.98. The smallest absolute Gasteiger partial charge is 0.0196 e. The molecule has 14 heavy (non-hydrogen) atoms. The molecule has 1 heterocycles. The lowest BCUT2D eigenvalue weighted by Crippen LogP contribution is -2.41. The minimum Gasteiger partial charge on any atom is -0.326 e. The fraction of sp³-hybridized carbons (Fsp3) is 1.00. The monoisotopic (exact) mass is 194 g/mol. The molecule has 3 unspecified atom stereocenters. The molecule has 2 aliphatic carbocycles. The third kappa shape index (κ3) is 1.70. The van der Waals surface area contributed by atoms with E-state index in [-0.39, 0.29) is 0 Å². The Morgan fingerprint density at radius 2 is 1.79 bits per heavy atom. The number of hydrogen-bond donors (Lipinski definition) is 1. The minimum absolute atomic E-state index is 0.468. The zero-order valence-electron chi connectivity index (χ0n) is 8.99. The van der Waals surface area contributed by atoms with Crippen LogP contribution in [-0.4, -0.2) is 30.6 Å². The van der Waals surface area contributed by atoms with Crippen LogP contribution in [-0.2, 0) is 0 Å². The van der Waals surface area contributed by atoms with Crippen molar-refractivity contribution < 1.29 is 0 Å². The van der Waals surface area contributed by atoms with Crippen molar-refractivity contribution in [2.24, 2.45) is 23.5 Å². The Bertz CT molecular complexity index is 200. The SMILES string of the molecule is NC(CN1CC2CC2C1)C1CCCC1. The third-order valence-electron chi connectivity index (χ3n) is 4.53. The summed E-state index contributed by atoms with van der Waals surface area (Å²) >= 11 is 0. The van der Waals surface area contributed by atoms with Gasteiger partial charge < -0.3 is 10.6 Å². The van der Waals surface area contributed by atoms with E-state index < -0.39 is 0 Å². The topological polar surface area (TPSA) is 29.3 Å². The van der Waals surface area contributed by atoms with Crippen molar-refractivity contribution in [3.05, 3.63) is 0 Å². The Kier molecular flexibility index (Phi) is 2.29. The van der Waals surface area contributed by atoms with Crippen molar-refractivity contribution in [2.75, 3.05) is 19.6 Å². The Labute approximate surface area is 86.8 Å². The van der Waals surface area contributed by atoms with Crippen LogP contribution in [0.5, 0.6) is 0 Å². The second-order valence-electron chi connectivity index (χ2n) is 5.68. The Balaban J connectivity index is 1.46. The molecule has 3 atom stereocenters. The van der Waals surface area contributed by atoms with Gasteiger partial charge in [0.25, 0.3) is 0 Å². The number of hydrogen-bond acceptors (Lipinski definition) is 2. The highest BCUT2D eigenvalue weighted by atomic mass is 15.2. The number of fused-ring (bicyclic) bond motifs is 1. The van der Waals surface area contributed by atoms with E-state index >= 15 is 0 Å². The van der Waals surface area contributed by atoms with Crippen molar-refractivity contribution in [1.82, 2.24) is 4.90 Å². The van der Waals surface area contributed by atoms with Gasteiger partial charge in [-0.25, -0.2) is 0 Å². The number of nitrogens with zero attached hydrogens (tertiary/aromatic N) is 1. The van der Waals surface area contributed by atoms with Crippen LogP contribution in [0.15, 0.2) is 0 Å². The minimum atomic E-state index is 0.468. The van der Waals surface area contributed by atoms with Crippen LogP contribution in [0.3, 0.4) is 0 Å². The summed E-state index contributed by atoms with van der Waals surface area (Å²) in [7, 11) is 0. The summed E-state index contributed by atoms with van der Waals surface area (Å²) in [5.74, 6) is 2.96. The van der Waals surface area contributed by atoms with Gasteiger partial charge in [0.1, 0.15) is 0 Å². The Hall–Kier alpha value is -0.0800. The fourth-order valence-corrected chi connectivity index (χ4v) is 3.48. The quantitative estimate of drug-likeness (QED) is 0.737. The summed E-state index contributed by atoms with van der Waals surface area (Å²) in [6, 6.07) is 0.468. The molecule has 3 rings (SSSR count). The summed E-state index contributed by atoms with van der Waals surface area (Å²) < 4.78 is 0. The van der Waals surface area contributed by atoms with Crippen LogP contribution in [0.4, 0.5) is 0 Å². The highest BCUT2D eigenvalue weighted by Crippen LogP contribution is 2.45. The molecular weight excluding hydrogens is 172 g/mol. The molecule has 1 aliphatic heterocycles. The maximum Gasteiger partial charge on any atom is 0.0196 e. The molecule has 0 aromatic heterocycles. The van der Waals surface area contributed by atoms with Crippen LogP contribution in [0, 0.1) is 17.8 Å². The maximum absolute atomic E-state index is 6.28. The second kappa shape index (κ2) is 3.49. The van der Waals surface area contributed by atoms with Gasteiger partial charge in [0.2, 0.25) is 0 Å². The summed E-state index contributed by atoms with van der Waals surface area (Å²) in [4.78, 5) is 2.61. The molecule has 2 N–H and O–H groups in total. The summed E-state index contributed by atoms with van der Waals surface area (Å²) in [5, 5.41) is 0. The third-order valence-corrected chi connectivity index (χ3v) is 4.53. The number of likely N-dealkylation sites (tertiary alicyclic amines) is 1. The Morgan fingerprint density at radius 3 is 2.43 bits per heavy atom. The van der Waals surface area contributed by atoms with Gasteiger partial charge in [-0.3, -0.25) is 0 Å². The van der Waals surface area contributed by atoms with Gasteiger partial charge in [-0.2, -0.15) is 0 Å². The van der Waals surface area contributed by atoms with E-state index in [1.165, 1.54) is 51.7 Å². The van der Waals surface area contributed by atoms with Crippen LogP contribution in [0.1, 0.15) is 32.1 Å². The normalized spacial score (nSPS) is 40.1. The van der Waals surface area contributed by atoms with Crippen LogP contribution in [0.2, 0.25) is 0 Å². The highest BCUT2D eigenvalue weighted by Gasteiger charge is 2.45. The van der Waals surface area contributed by atoms with Gasteiger partial charge in [-0.15, -0.1) is 0 Å². The van der Waals surface area contributed by atoms with Gasteiger partial charge in [0.05, 0.1) is 0 Å². The van der Waals surface area contributed by atoms with Gasteiger partial charge in [0.15, 0.2) is 0 Å². The lowest BCUT2D eigenvalue weighted by Gasteiger charge is -2.25. The first-order valence-electron chi connectivity index (χ1n) is 6.31. The molecule has 0 radical (unpaired) electrons. The van der Waals surface area contributed by atoms with E-state index in [4.69, 9.17) is 5.73 Å². The van der Waals surface area contributed by atoms with Gasteiger partial charge in [-0.1, -0.05) is 12.8 Å². The first kappa shape index (κ1) is 9.17. The fourth-order valence-electron chi connectivity index (χ4n) is 3.48. The zero-order valence-corrected chi connectivity index (χ0v) is 8.99. The largest absolute Gasteiger partial charge is 0.326 e. The van der Waals surface area contributed by atoms with Gasteiger partial charge >= 0.3 is 0 Å². The van der Waals surface area contributed by atoms with E-state index in [1.807, 2.05) is 0 Å². The molecule has 3 aliphatic rings. The molecular formula is C12H22N2. The number of nitrogens with two attached hydrogens (primary N) is 1. The van der Waals surface area contributed by atoms with Crippen molar-refractivity contribution in [1.29, 1.82) is 0 Å². The zero-order chi connectivity index (χ0) is 9.54. The number of piperidine rings is 1. The molecule has 1 saturated heterocycles. The standard InChI is InChI=1S/C12H22N2/c13-12(9-3-1-2-4-9)8-14-6-10-5-11(10)7-14/h9-12H,1-8,13H2. The predicted molar refractivity (Wildman–Crippen MR) is 58.0 cm³/mol. The molecule has 0 aromatic rings. The summed E-state index contributed by atoms with van der Waals surface area (Å²) in [5.41, 5.74) is 6.28. The van der Waals surface area contributed by atoms with E-state index in [2.05, 4.69) is 4.90 Å². The van der Waals surface area contributed by atoms with Crippen molar-refractivity contribution >= 4 is 0 Å². The predicted octanol–water partition coefficient (Wildman–Crippen LogP) is 1.46. The molecule has 0 aromatic carbocycles. The summed E-state index contributed by atoms with van der Waals surface area (Å²) in [6.45, 7) is 3.88. The molecule has 0 bridgehead atoms. The average molecular weight is 194 g/mol. The van der Waals surface area contributed by atoms with Crippen molar-refractivity contribution in [3.8, 4) is 0 Å². The van der Waals surface area contributed by atoms with Crippen LogP contribution >= 0.6 is 0 Å². The van der Waals surface area contributed by atoms with Crippen LogP contribution in [0.25, 0.3) is 0 Å². The lowest BCUT2D eigenvalue weighted by atomic mass is 9.98. The van der Waals surface area contributed by atoms with E-state index in [1.54, 1.807) is 0 Å². The summed E-state index contributed by atoms with van der Waals surface area (Å²) in [6.07, 6.45) is 7.13. The molecule has 2 nitrogen and oxygen atoms in total. The van der Waals surface area contributed by atoms with E-state index in [0.29, 0.717) is 6.04 Å². The molecule has 0 amide bonds. The maximum atomic E-state index is 6.28. The molecule has 2 saturated carbocycles. The van der Waals surface area contributed by atoms with Crippen molar-refractivity contribution in [3.63, 3.8) is 0 Å². The lowest BCUT2D eigenvalue weighted by molar-refractivity contribution is 0.251. The molecule has 80 valence electrons. The average Bonchev–Trinajstić information content (AvgIpc) is 2.69. The molecule has 3 fully saturated rings. The van der Waals surface area contributed by atoms with Gasteiger partial charge in [-0.05, 0) is 37.0 Å². The van der Waals surface area contributed by atoms with Crippen molar-refractivity contribution in [2.45, 2.75) is 38.1 Å². The molecule has 2 heteroatoms. The van der Waals surface area contributed by atoms with Crippen LogP contribution < -0.4 is 5.73 Å². The first-order valence-corrected chi connectivity index (χ1v) is 6.31.